The summed E-state index contributed by atoms with van der Waals surface area (Å²) in [7, 11) is -4.00. The highest BCUT2D eigenvalue weighted by atomic mass is 32.2. The summed E-state index contributed by atoms with van der Waals surface area (Å²) in [5.74, 6) is 0. The van der Waals surface area contributed by atoms with Crippen molar-refractivity contribution in [3.05, 3.63) is 35.4 Å². The third kappa shape index (κ3) is 6.73. The Bertz CT molecular complexity index is 571. The Morgan fingerprint density at radius 3 is 2.18 bits per heavy atom. The van der Waals surface area contributed by atoms with Crippen LogP contribution in [0.15, 0.2) is 24.3 Å². The SMILES string of the molecule is C[C@@H](O)CNCc1ccc([C@H](NS(C)(=O)=O)C(F)(F)F)cc1. The number of aliphatic hydroxyl groups excluding tert-OH is 1. The first-order valence-corrected chi connectivity index (χ1v) is 8.40. The summed E-state index contributed by atoms with van der Waals surface area (Å²) in [5, 5.41) is 12.0. The molecule has 5 nitrogen and oxygen atoms in total. The molecule has 1 rings (SSSR count). The molecule has 0 aliphatic rings. The highest BCUT2D eigenvalue weighted by molar-refractivity contribution is 7.88. The lowest BCUT2D eigenvalue weighted by Crippen LogP contribution is -2.37. The van der Waals surface area contributed by atoms with Crippen molar-refractivity contribution in [2.75, 3.05) is 12.8 Å². The van der Waals surface area contributed by atoms with Crippen molar-refractivity contribution in [3.63, 3.8) is 0 Å². The van der Waals surface area contributed by atoms with Crippen LogP contribution in [0, 0.1) is 0 Å². The van der Waals surface area contributed by atoms with Crippen molar-refractivity contribution >= 4 is 10.0 Å². The smallest absolute Gasteiger partial charge is 0.392 e. The average molecular weight is 340 g/mol. The first-order chi connectivity index (χ1) is 9.99. The molecule has 126 valence electrons. The Morgan fingerprint density at radius 1 is 1.23 bits per heavy atom. The summed E-state index contributed by atoms with van der Waals surface area (Å²) in [5.41, 5.74) is 0.543. The van der Waals surface area contributed by atoms with Crippen LogP contribution in [0.3, 0.4) is 0 Å². The minimum atomic E-state index is -4.73. The van der Waals surface area contributed by atoms with E-state index in [9.17, 15) is 21.6 Å². The van der Waals surface area contributed by atoms with Gasteiger partial charge in [0, 0.05) is 13.1 Å². The van der Waals surface area contributed by atoms with Gasteiger partial charge in [-0.2, -0.15) is 17.9 Å². The maximum Gasteiger partial charge on any atom is 0.408 e. The number of alkyl halides is 3. The molecule has 0 heterocycles. The maximum absolute atomic E-state index is 13.0. The molecule has 0 unspecified atom stereocenters. The van der Waals surface area contributed by atoms with E-state index in [1.54, 1.807) is 11.6 Å². The fourth-order valence-corrected chi connectivity index (χ4v) is 2.49. The van der Waals surface area contributed by atoms with Gasteiger partial charge in [-0.3, -0.25) is 0 Å². The highest BCUT2D eigenvalue weighted by Crippen LogP contribution is 2.33. The minimum absolute atomic E-state index is 0.183. The molecule has 0 aromatic heterocycles. The van der Waals surface area contributed by atoms with Crippen molar-refractivity contribution in [1.82, 2.24) is 10.0 Å². The predicted octanol–water partition coefficient (Wildman–Crippen LogP) is 1.31. The summed E-state index contributed by atoms with van der Waals surface area (Å²) in [6.45, 7) is 2.37. The number of hydrogen-bond donors (Lipinski definition) is 3. The van der Waals surface area contributed by atoms with Crippen molar-refractivity contribution in [3.8, 4) is 0 Å². The lowest BCUT2D eigenvalue weighted by molar-refractivity contribution is -0.153. The first kappa shape index (κ1) is 18.9. The largest absolute Gasteiger partial charge is 0.408 e. The van der Waals surface area contributed by atoms with Crippen LogP contribution in [0.1, 0.15) is 24.1 Å². The quantitative estimate of drug-likeness (QED) is 0.699. The van der Waals surface area contributed by atoms with Gasteiger partial charge in [0.2, 0.25) is 10.0 Å². The number of sulfonamides is 1. The topological polar surface area (TPSA) is 78.4 Å². The van der Waals surface area contributed by atoms with E-state index in [1.165, 1.54) is 24.3 Å². The molecule has 0 amide bonds. The van der Waals surface area contributed by atoms with Crippen LogP contribution in [0.5, 0.6) is 0 Å². The number of halogens is 3. The number of benzene rings is 1. The summed E-state index contributed by atoms with van der Waals surface area (Å²) in [6.07, 6.45) is -4.57. The van der Waals surface area contributed by atoms with Crippen LogP contribution in [-0.4, -0.2) is 38.6 Å². The zero-order valence-electron chi connectivity index (χ0n) is 12.2. The zero-order valence-corrected chi connectivity index (χ0v) is 13.0. The number of hydrogen-bond acceptors (Lipinski definition) is 4. The minimum Gasteiger partial charge on any atom is -0.392 e. The zero-order chi connectivity index (χ0) is 17.0. The van der Waals surface area contributed by atoms with Crippen LogP contribution in [0.4, 0.5) is 13.2 Å². The number of aliphatic hydroxyl groups is 1. The van der Waals surface area contributed by atoms with Crippen LogP contribution < -0.4 is 10.0 Å². The van der Waals surface area contributed by atoms with E-state index in [1.807, 2.05) is 0 Å². The number of rotatable bonds is 7. The standard InChI is InChI=1S/C13H19F3N2O3S/c1-9(19)7-17-8-10-3-5-11(6-4-10)12(13(14,15)16)18-22(2,20)21/h3-6,9,12,17-19H,7-8H2,1-2H3/t9-,12+/m1/s1. The third-order valence-corrected chi connectivity index (χ3v) is 3.41. The van der Waals surface area contributed by atoms with E-state index in [2.05, 4.69) is 5.32 Å². The number of nitrogens with one attached hydrogen (secondary N) is 2. The lowest BCUT2D eigenvalue weighted by Gasteiger charge is -2.21. The summed E-state index contributed by atoms with van der Waals surface area (Å²) >= 11 is 0. The van der Waals surface area contributed by atoms with Gasteiger partial charge in [-0.15, -0.1) is 0 Å². The van der Waals surface area contributed by atoms with E-state index < -0.39 is 28.3 Å². The molecule has 0 aliphatic carbocycles. The van der Waals surface area contributed by atoms with Crippen LogP contribution in [0.2, 0.25) is 0 Å². The second-order valence-electron chi connectivity index (χ2n) is 5.09. The summed E-state index contributed by atoms with van der Waals surface area (Å²) < 4.78 is 62.6. The van der Waals surface area contributed by atoms with E-state index in [0.717, 1.165) is 5.56 Å². The second kappa shape index (κ2) is 7.40. The van der Waals surface area contributed by atoms with Gasteiger partial charge in [0.15, 0.2) is 0 Å². The van der Waals surface area contributed by atoms with Crippen LogP contribution >= 0.6 is 0 Å². The van der Waals surface area contributed by atoms with Gasteiger partial charge in [-0.05, 0) is 18.1 Å². The first-order valence-electron chi connectivity index (χ1n) is 6.50. The molecular formula is C13H19F3N2O3S. The molecule has 22 heavy (non-hydrogen) atoms. The monoisotopic (exact) mass is 340 g/mol. The van der Waals surface area contributed by atoms with E-state index in [4.69, 9.17) is 5.11 Å². The van der Waals surface area contributed by atoms with Crippen LogP contribution in [-0.2, 0) is 16.6 Å². The van der Waals surface area contributed by atoms with Gasteiger partial charge in [-0.1, -0.05) is 24.3 Å². The molecule has 0 saturated carbocycles. The van der Waals surface area contributed by atoms with Gasteiger partial charge in [0.25, 0.3) is 0 Å². The van der Waals surface area contributed by atoms with Gasteiger partial charge >= 0.3 is 6.18 Å². The Morgan fingerprint density at radius 2 is 1.77 bits per heavy atom. The highest BCUT2D eigenvalue weighted by Gasteiger charge is 2.42. The molecule has 0 fully saturated rings. The van der Waals surface area contributed by atoms with Crippen molar-refractivity contribution in [1.29, 1.82) is 0 Å². The van der Waals surface area contributed by atoms with Gasteiger partial charge in [0.05, 0.1) is 12.4 Å². The van der Waals surface area contributed by atoms with E-state index >= 15 is 0 Å². The molecule has 0 spiro atoms. The van der Waals surface area contributed by atoms with Crippen LogP contribution in [0.25, 0.3) is 0 Å². The fraction of sp³-hybridized carbons (Fsp3) is 0.538. The van der Waals surface area contributed by atoms with Crippen molar-refractivity contribution in [2.45, 2.75) is 31.8 Å². The lowest BCUT2D eigenvalue weighted by atomic mass is 10.1. The van der Waals surface area contributed by atoms with Gasteiger partial charge in [-0.25, -0.2) is 8.42 Å². The van der Waals surface area contributed by atoms with Crippen molar-refractivity contribution < 1.29 is 26.7 Å². The Labute approximate surface area is 127 Å². The molecule has 1 aromatic rings. The third-order valence-electron chi connectivity index (χ3n) is 2.74. The van der Waals surface area contributed by atoms with Gasteiger partial charge in [0.1, 0.15) is 6.04 Å². The Hall–Kier alpha value is -1.16. The molecule has 9 heteroatoms. The molecule has 1 aromatic carbocycles. The van der Waals surface area contributed by atoms with E-state index in [-0.39, 0.29) is 5.56 Å². The molecule has 0 bridgehead atoms. The maximum atomic E-state index is 13.0. The molecule has 0 aliphatic heterocycles. The van der Waals surface area contributed by atoms with E-state index in [0.29, 0.717) is 19.3 Å². The summed E-state index contributed by atoms with van der Waals surface area (Å²) in [6, 6.07) is 3.15. The molecule has 2 atom stereocenters. The van der Waals surface area contributed by atoms with Gasteiger partial charge < -0.3 is 10.4 Å². The second-order valence-corrected chi connectivity index (χ2v) is 6.87. The van der Waals surface area contributed by atoms with Crippen molar-refractivity contribution in [2.24, 2.45) is 0 Å². The normalized spacial score (nSPS) is 15.5. The molecule has 3 N–H and O–H groups in total. The fourth-order valence-electron chi connectivity index (χ4n) is 1.79. The molecule has 0 radical (unpaired) electrons. The molecule has 0 saturated heterocycles. The molecular weight excluding hydrogens is 321 g/mol. The Balaban J connectivity index is 2.85. The summed E-state index contributed by atoms with van der Waals surface area (Å²) in [4.78, 5) is 0. The predicted molar refractivity (Wildman–Crippen MR) is 76.6 cm³/mol. The average Bonchev–Trinajstić information content (AvgIpc) is 2.34. The Kier molecular flexibility index (Phi) is 6.36.